The van der Waals surface area contributed by atoms with Crippen LogP contribution in [0.3, 0.4) is 0 Å². The Kier molecular flexibility index (Phi) is 5.08. The van der Waals surface area contributed by atoms with Crippen LogP contribution in [0.2, 0.25) is 0 Å². The van der Waals surface area contributed by atoms with E-state index in [1.165, 1.54) is 23.1 Å². The summed E-state index contributed by atoms with van der Waals surface area (Å²) < 4.78 is 6.19. The van der Waals surface area contributed by atoms with Crippen molar-refractivity contribution in [2.45, 2.75) is 13.3 Å². The molecule has 134 valence electrons. The molecule has 0 aliphatic carbocycles. The van der Waals surface area contributed by atoms with Gasteiger partial charge in [0.2, 0.25) is 0 Å². The van der Waals surface area contributed by atoms with E-state index in [1.807, 2.05) is 6.92 Å². The topological polar surface area (TPSA) is 103 Å². The van der Waals surface area contributed by atoms with Gasteiger partial charge in [0.25, 0.3) is 11.5 Å². The third-order valence-electron chi connectivity index (χ3n) is 3.57. The van der Waals surface area contributed by atoms with Gasteiger partial charge in [-0.3, -0.25) is 19.7 Å². The number of aromatic nitrogens is 3. The molecule has 2 heterocycles. The van der Waals surface area contributed by atoms with E-state index in [4.69, 9.17) is 4.74 Å². The summed E-state index contributed by atoms with van der Waals surface area (Å²) in [5.41, 5.74) is 0.981. The minimum absolute atomic E-state index is 0.141. The maximum absolute atomic E-state index is 12.1. The maximum atomic E-state index is 12.1. The Hall–Kier alpha value is -3.07. The molecular weight excluding hydrogens is 356 g/mol. The van der Waals surface area contributed by atoms with E-state index in [-0.39, 0.29) is 12.0 Å². The standard InChI is InChI=1S/C17H16N4O4S/c1-10-9-26-17(18-10)19-14(22)8-25-15(23)7-13-11-5-3-4-6-12(11)16(24)21(2)20-13/h3-6,9H,7-8H2,1-2H3,(H,18,19,22). The Morgan fingerprint density at radius 2 is 2.00 bits per heavy atom. The lowest BCUT2D eigenvalue weighted by molar-refractivity contribution is -0.146. The van der Waals surface area contributed by atoms with Crippen molar-refractivity contribution in [3.63, 3.8) is 0 Å². The maximum Gasteiger partial charge on any atom is 0.312 e. The summed E-state index contributed by atoms with van der Waals surface area (Å²) in [6.07, 6.45) is -0.141. The highest BCUT2D eigenvalue weighted by Gasteiger charge is 2.15. The van der Waals surface area contributed by atoms with E-state index >= 15 is 0 Å². The third-order valence-corrected chi connectivity index (χ3v) is 4.45. The number of anilines is 1. The number of aryl methyl sites for hydroxylation is 2. The van der Waals surface area contributed by atoms with Crippen LogP contribution in [-0.4, -0.2) is 33.2 Å². The van der Waals surface area contributed by atoms with Crippen LogP contribution in [0.4, 0.5) is 5.13 Å². The summed E-state index contributed by atoms with van der Waals surface area (Å²) >= 11 is 1.29. The molecule has 0 unspecified atom stereocenters. The molecular formula is C17H16N4O4S. The third kappa shape index (κ3) is 3.94. The highest BCUT2D eigenvalue weighted by Crippen LogP contribution is 2.15. The van der Waals surface area contributed by atoms with Gasteiger partial charge in [-0.1, -0.05) is 18.2 Å². The second kappa shape index (κ2) is 7.44. The first-order valence-electron chi connectivity index (χ1n) is 7.76. The number of nitrogens with one attached hydrogen (secondary N) is 1. The molecule has 8 nitrogen and oxygen atoms in total. The molecule has 3 aromatic rings. The molecule has 0 aliphatic rings. The molecule has 0 atom stereocenters. The molecule has 0 saturated heterocycles. The van der Waals surface area contributed by atoms with Crippen LogP contribution in [0.1, 0.15) is 11.4 Å². The zero-order valence-electron chi connectivity index (χ0n) is 14.2. The van der Waals surface area contributed by atoms with Crippen molar-refractivity contribution in [1.29, 1.82) is 0 Å². The predicted octanol–water partition coefficient (Wildman–Crippen LogP) is 1.42. The van der Waals surface area contributed by atoms with Gasteiger partial charge in [0.15, 0.2) is 11.7 Å². The van der Waals surface area contributed by atoms with Gasteiger partial charge >= 0.3 is 5.97 Å². The highest BCUT2D eigenvalue weighted by molar-refractivity contribution is 7.13. The lowest BCUT2D eigenvalue weighted by Gasteiger charge is -2.08. The van der Waals surface area contributed by atoms with Crippen molar-refractivity contribution in [2.24, 2.45) is 7.05 Å². The monoisotopic (exact) mass is 372 g/mol. The Morgan fingerprint density at radius 3 is 2.69 bits per heavy atom. The molecule has 26 heavy (non-hydrogen) atoms. The van der Waals surface area contributed by atoms with Crippen molar-refractivity contribution in [1.82, 2.24) is 14.8 Å². The fraction of sp³-hybridized carbons (Fsp3) is 0.235. The van der Waals surface area contributed by atoms with Crippen LogP contribution >= 0.6 is 11.3 Å². The quantitative estimate of drug-likeness (QED) is 0.680. The molecule has 2 aromatic heterocycles. The van der Waals surface area contributed by atoms with Crippen molar-refractivity contribution >= 4 is 39.1 Å². The van der Waals surface area contributed by atoms with Crippen molar-refractivity contribution in [3.8, 4) is 0 Å². The van der Waals surface area contributed by atoms with Gasteiger partial charge in [0.05, 0.1) is 23.2 Å². The van der Waals surface area contributed by atoms with Crippen LogP contribution in [0.15, 0.2) is 34.4 Å². The number of hydrogen-bond donors (Lipinski definition) is 1. The van der Waals surface area contributed by atoms with Crippen LogP contribution in [0.5, 0.6) is 0 Å². The molecule has 0 bridgehead atoms. The number of carbonyl (C=O) groups is 2. The summed E-state index contributed by atoms with van der Waals surface area (Å²) in [7, 11) is 1.52. The summed E-state index contributed by atoms with van der Waals surface area (Å²) in [6, 6.07) is 6.92. The van der Waals surface area contributed by atoms with Gasteiger partial charge in [0.1, 0.15) is 0 Å². The lowest BCUT2D eigenvalue weighted by Crippen LogP contribution is -2.24. The van der Waals surface area contributed by atoms with Crippen molar-refractivity contribution < 1.29 is 14.3 Å². The molecule has 0 saturated carbocycles. The summed E-state index contributed by atoms with van der Waals surface area (Å²) in [6.45, 7) is 1.40. The van der Waals surface area contributed by atoms with E-state index in [0.29, 0.717) is 21.6 Å². The SMILES string of the molecule is Cc1csc(NC(=O)COC(=O)Cc2nn(C)c(=O)c3ccccc23)n1. The largest absolute Gasteiger partial charge is 0.455 e. The number of ether oxygens (including phenoxy) is 1. The van der Waals surface area contributed by atoms with Gasteiger partial charge in [-0.2, -0.15) is 5.10 Å². The minimum atomic E-state index is -0.605. The second-order valence-electron chi connectivity index (χ2n) is 5.60. The number of thiazole rings is 1. The fourth-order valence-electron chi connectivity index (χ4n) is 2.41. The molecule has 1 amide bonds. The number of hydrogen-bond acceptors (Lipinski definition) is 7. The van der Waals surface area contributed by atoms with Crippen LogP contribution in [0, 0.1) is 6.92 Å². The molecule has 1 N–H and O–H groups in total. The minimum Gasteiger partial charge on any atom is -0.455 e. The first-order chi connectivity index (χ1) is 12.4. The Balaban J connectivity index is 1.65. The summed E-state index contributed by atoms with van der Waals surface area (Å²) in [5, 5.41) is 10.0. The van der Waals surface area contributed by atoms with Gasteiger partial charge in [0, 0.05) is 17.8 Å². The molecule has 0 radical (unpaired) electrons. The van der Waals surface area contributed by atoms with Crippen molar-refractivity contribution in [2.75, 3.05) is 11.9 Å². The number of amides is 1. The van der Waals surface area contributed by atoms with E-state index in [0.717, 1.165) is 5.69 Å². The number of benzene rings is 1. The molecule has 0 spiro atoms. The number of rotatable bonds is 5. The zero-order valence-corrected chi connectivity index (χ0v) is 15.0. The van der Waals surface area contributed by atoms with E-state index in [9.17, 15) is 14.4 Å². The summed E-state index contributed by atoms with van der Waals surface area (Å²) in [5.74, 6) is -1.07. The fourth-order valence-corrected chi connectivity index (χ4v) is 3.11. The zero-order chi connectivity index (χ0) is 18.7. The van der Waals surface area contributed by atoms with Gasteiger partial charge in [-0.25, -0.2) is 9.67 Å². The first-order valence-corrected chi connectivity index (χ1v) is 8.64. The smallest absolute Gasteiger partial charge is 0.312 e. The first kappa shape index (κ1) is 17.7. The van der Waals surface area contributed by atoms with E-state index in [2.05, 4.69) is 15.4 Å². The average molecular weight is 372 g/mol. The molecule has 3 rings (SSSR count). The normalized spacial score (nSPS) is 10.7. The Bertz CT molecular complexity index is 1040. The van der Waals surface area contributed by atoms with Crippen LogP contribution < -0.4 is 10.9 Å². The lowest BCUT2D eigenvalue weighted by atomic mass is 10.1. The van der Waals surface area contributed by atoms with Crippen molar-refractivity contribution in [3.05, 3.63) is 51.4 Å². The van der Waals surface area contributed by atoms with Crippen LogP contribution in [-0.2, 0) is 27.8 Å². The number of carbonyl (C=O) groups excluding carboxylic acids is 2. The van der Waals surface area contributed by atoms with E-state index in [1.54, 1.807) is 29.6 Å². The second-order valence-corrected chi connectivity index (χ2v) is 6.46. The molecule has 0 aliphatic heterocycles. The summed E-state index contributed by atoms with van der Waals surface area (Å²) in [4.78, 5) is 40.1. The molecule has 1 aromatic carbocycles. The van der Waals surface area contributed by atoms with Crippen LogP contribution in [0.25, 0.3) is 10.8 Å². The number of esters is 1. The average Bonchev–Trinajstić information content (AvgIpc) is 3.02. The Labute approximate surface area is 152 Å². The molecule has 9 heteroatoms. The van der Waals surface area contributed by atoms with E-state index < -0.39 is 18.5 Å². The van der Waals surface area contributed by atoms with Gasteiger partial charge in [-0.05, 0) is 13.0 Å². The Morgan fingerprint density at radius 1 is 1.27 bits per heavy atom. The van der Waals surface area contributed by atoms with Gasteiger partial charge in [-0.15, -0.1) is 11.3 Å². The molecule has 0 fully saturated rings. The number of fused-ring (bicyclic) bond motifs is 1. The van der Waals surface area contributed by atoms with Gasteiger partial charge < -0.3 is 4.74 Å². The highest BCUT2D eigenvalue weighted by atomic mass is 32.1. The number of nitrogens with zero attached hydrogens (tertiary/aromatic N) is 3. The predicted molar refractivity (Wildman–Crippen MR) is 97.1 cm³/mol.